The van der Waals surface area contributed by atoms with Crippen molar-refractivity contribution in [3.05, 3.63) is 0 Å². The zero-order valence-corrected chi connectivity index (χ0v) is 8.77. The first kappa shape index (κ1) is 11.9. The summed E-state index contributed by atoms with van der Waals surface area (Å²) in [7, 11) is 0. The highest BCUT2D eigenvalue weighted by Gasteiger charge is 2.40. The lowest BCUT2D eigenvalue weighted by Crippen LogP contribution is -2.61. The second kappa shape index (κ2) is 4.16. The van der Waals surface area contributed by atoms with Crippen LogP contribution in [-0.4, -0.2) is 46.6 Å². The van der Waals surface area contributed by atoms with Crippen LogP contribution in [0.3, 0.4) is 0 Å². The van der Waals surface area contributed by atoms with Crippen LogP contribution in [0.15, 0.2) is 0 Å². The molecule has 5 N–H and O–H groups in total. The fourth-order valence-corrected chi connectivity index (χ4v) is 1.73. The van der Waals surface area contributed by atoms with E-state index in [1.807, 2.05) is 0 Å². The molecule has 0 bridgehead atoms. The van der Waals surface area contributed by atoms with Gasteiger partial charge in [-0.2, -0.15) is 0 Å². The Morgan fingerprint density at radius 1 is 1.53 bits per heavy atom. The number of amides is 1. The van der Waals surface area contributed by atoms with Crippen LogP contribution in [0.25, 0.3) is 0 Å². The molecule has 86 valence electrons. The number of piperidine rings is 1. The normalized spacial score (nSPS) is 28.6. The van der Waals surface area contributed by atoms with Crippen molar-refractivity contribution in [2.24, 2.45) is 11.5 Å². The lowest BCUT2D eigenvalue weighted by atomic mass is 9.90. The Kier molecular flexibility index (Phi) is 3.31. The van der Waals surface area contributed by atoms with Crippen molar-refractivity contribution in [2.75, 3.05) is 13.1 Å². The Hall–Kier alpha value is -1.14. The molecule has 15 heavy (non-hydrogen) atoms. The van der Waals surface area contributed by atoms with Gasteiger partial charge in [0, 0.05) is 13.1 Å². The SMILES string of the molecule is C[C@@H](N)C(=O)N1CCC[C@](N)(C(=O)O)C1. The van der Waals surface area contributed by atoms with Crippen LogP contribution >= 0.6 is 0 Å². The molecule has 0 unspecified atom stereocenters. The molecule has 1 heterocycles. The van der Waals surface area contributed by atoms with E-state index in [1.54, 1.807) is 6.92 Å². The molecule has 1 aliphatic heterocycles. The van der Waals surface area contributed by atoms with Crippen molar-refractivity contribution in [2.45, 2.75) is 31.3 Å². The molecule has 1 rings (SSSR count). The summed E-state index contributed by atoms with van der Waals surface area (Å²) < 4.78 is 0. The zero-order valence-electron chi connectivity index (χ0n) is 8.77. The summed E-state index contributed by atoms with van der Waals surface area (Å²) in [5.41, 5.74) is 9.83. The van der Waals surface area contributed by atoms with Crippen molar-refractivity contribution in [1.29, 1.82) is 0 Å². The van der Waals surface area contributed by atoms with E-state index in [0.29, 0.717) is 19.4 Å². The van der Waals surface area contributed by atoms with E-state index < -0.39 is 17.6 Å². The number of carbonyl (C=O) groups is 2. The minimum absolute atomic E-state index is 0.0444. The number of hydrogen-bond acceptors (Lipinski definition) is 4. The van der Waals surface area contributed by atoms with Gasteiger partial charge in [-0.15, -0.1) is 0 Å². The average molecular weight is 215 g/mol. The summed E-state index contributed by atoms with van der Waals surface area (Å²) in [5.74, 6) is -1.31. The quantitative estimate of drug-likeness (QED) is 0.532. The van der Waals surface area contributed by atoms with Gasteiger partial charge in [0.05, 0.1) is 6.04 Å². The van der Waals surface area contributed by atoms with Gasteiger partial charge in [-0.1, -0.05) is 0 Å². The van der Waals surface area contributed by atoms with E-state index in [-0.39, 0.29) is 12.5 Å². The topological polar surface area (TPSA) is 110 Å². The van der Waals surface area contributed by atoms with Gasteiger partial charge in [0.15, 0.2) is 0 Å². The highest BCUT2D eigenvalue weighted by Crippen LogP contribution is 2.19. The minimum atomic E-state index is -1.32. The lowest BCUT2D eigenvalue weighted by Gasteiger charge is -2.37. The molecule has 0 aromatic carbocycles. The lowest BCUT2D eigenvalue weighted by molar-refractivity contribution is -0.148. The Balaban J connectivity index is 2.72. The number of carbonyl (C=O) groups excluding carboxylic acids is 1. The predicted octanol–water partition coefficient (Wildman–Crippen LogP) is -1.26. The second-order valence-electron chi connectivity index (χ2n) is 4.11. The molecule has 0 aromatic rings. The molecule has 1 aliphatic rings. The van der Waals surface area contributed by atoms with Gasteiger partial charge in [-0.3, -0.25) is 9.59 Å². The standard InChI is InChI=1S/C9H17N3O3/c1-6(10)7(13)12-4-2-3-9(11,5-12)8(14)15/h6H,2-5,10-11H2,1H3,(H,14,15)/t6-,9-/m1/s1. The molecule has 6 nitrogen and oxygen atoms in total. The smallest absolute Gasteiger partial charge is 0.325 e. The van der Waals surface area contributed by atoms with E-state index in [2.05, 4.69) is 0 Å². The monoisotopic (exact) mass is 215 g/mol. The fourth-order valence-electron chi connectivity index (χ4n) is 1.73. The maximum atomic E-state index is 11.6. The van der Waals surface area contributed by atoms with Crippen LogP contribution in [0.2, 0.25) is 0 Å². The third-order valence-corrected chi connectivity index (χ3v) is 2.65. The summed E-state index contributed by atoms with van der Waals surface area (Å²) in [6.07, 6.45) is 0.992. The molecule has 6 heteroatoms. The Morgan fingerprint density at radius 2 is 2.13 bits per heavy atom. The highest BCUT2D eigenvalue weighted by atomic mass is 16.4. The minimum Gasteiger partial charge on any atom is -0.480 e. The number of carboxylic acids is 1. The first-order valence-electron chi connectivity index (χ1n) is 4.93. The van der Waals surface area contributed by atoms with Crippen molar-refractivity contribution < 1.29 is 14.7 Å². The first-order chi connectivity index (χ1) is 6.87. The Morgan fingerprint density at radius 3 is 2.60 bits per heavy atom. The van der Waals surface area contributed by atoms with Gasteiger partial charge >= 0.3 is 5.97 Å². The van der Waals surface area contributed by atoms with E-state index in [0.717, 1.165) is 0 Å². The van der Waals surface area contributed by atoms with Crippen LogP contribution in [-0.2, 0) is 9.59 Å². The number of nitrogens with zero attached hydrogens (tertiary/aromatic N) is 1. The predicted molar refractivity (Wildman–Crippen MR) is 54.0 cm³/mol. The molecule has 0 spiro atoms. The Labute approximate surface area is 88.2 Å². The van der Waals surface area contributed by atoms with Crippen LogP contribution in [0.1, 0.15) is 19.8 Å². The largest absolute Gasteiger partial charge is 0.480 e. The van der Waals surface area contributed by atoms with E-state index in [1.165, 1.54) is 4.90 Å². The van der Waals surface area contributed by atoms with Gasteiger partial charge in [0.25, 0.3) is 0 Å². The summed E-state index contributed by atoms with van der Waals surface area (Å²) in [5, 5.41) is 8.94. The van der Waals surface area contributed by atoms with Gasteiger partial charge < -0.3 is 21.5 Å². The molecule has 1 amide bonds. The highest BCUT2D eigenvalue weighted by molar-refractivity contribution is 5.84. The molecule has 1 fully saturated rings. The van der Waals surface area contributed by atoms with Crippen molar-refractivity contribution in [3.63, 3.8) is 0 Å². The molecular formula is C9H17N3O3. The van der Waals surface area contributed by atoms with Crippen LogP contribution in [0.4, 0.5) is 0 Å². The number of aliphatic carboxylic acids is 1. The third kappa shape index (κ3) is 2.45. The van der Waals surface area contributed by atoms with Crippen LogP contribution in [0, 0.1) is 0 Å². The van der Waals surface area contributed by atoms with Crippen molar-refractivity contribution >= 4 is 11.9 Å². The molecular weight excluding hydrogens is 198 g/mol. The first-order valence-corrected chi connectivity index (χ1v) is 4.93. The Bertz CT molecular complexity index is 280. The summed E-state index contributed by atoms with van der Waals surface area (Å²) in [6.45, 7) is 2.16. The molecule has 0 aliphatic carbocycles. The molecule has 0 aromatic heterocycles. The fraction of sp³-hybridized carbons (Fsp3) is 0.778. The van der Waals surface area contributed by atoms with Gasteiger partial charge in [0.2, 0.25) is 5.91 Å². The number of hydrogen-bond donors (Lipinski definition) is 3. The van der Waals surface area contributed by atoms with Crippen LogP contribution in [0.5, 0.6) is 0 Å². The maximum Gasteiger partial charge on any atom is 0.325 e. The summed E-state index contributed by atoms with van der Waals surface area (Å²) in [4.78, 5) is 23.9. The number of carboxylic acid groups (broad SMARTS) is 1. The maximum absolute atomic E-state index is 11.6. The zero-order chi connectivity index (χ0) is 11.6. The van der Waals surface area contributed by atoms with E-state index >= 15 is 0 Å². The van der Waals surface area contributed by atoms with Crippen molar-refractivity contribution in [1.82, 2.24) is 4.90 Å². The molecule has 0 saturated carbocycles. The molecule has 1 saturated heterocycles. The van der Waals surface area contributed by atoms with Crippen LogP contribution < -0.4 is 11.5 Å². The number of nitrogens with two attached hydrogens (primary N) is 2. The number of likely N-dealkylation sites (tertiary alicyclic amines) is 1. The van der Waals surface area contributed by atoms with Gasteiger partial charge in [0.1, 0.15) is 5.54 Å². The molecule has 0 radical (unpaired) electrons. The van der Waals surface area contributed by atoms with E-state index in [9.17, 15) is 9.59 Å². The summed E-state index contributed by atoms with van der Waals surface area (Å²) >= 11 is 0. The molecule has 2 atom stereocenters. The van der Waals surface area contributed by atoms with Gasteiger partial charge in [-0.25, -0.2) is 0 Å². The summed E-state index contributed by atoms with van der Waals surface area (Å²) in [6, 6.07) is -0.610. The van der Waals surface area contributed by atoms with E-state index in [4.69, 9.17) is 16.6 Å². The average Bonchev–Trinajstić information content (AvgIpc) is 2.16. The van der Waals surface area contributed by atoms with Crippen molar-refractivity contribution in [3.8, 4) is 0 Å². The number of rotatable bonds is 2. The van der Waals surface area contributed by atoms with Gasteiger partial charge in [-0.05, 0) is 19.8 Å². The second-order valence-corrected chi connectivity index (χ2v) is 4.11. The third-order valence-electron chi connectivity index (χ3n) is 2.65.